The average Bonchev–Trinajstić information content (AvgIpc) is 3.10. The molecule has 1 aliphatic rings. The number of aromatic nitrogens is 5. The van der Waals surface area contributed by atoms with E-state index in [0.717, 1.165) is 0 Å². The quantitative estimate of drug-likeness (QED) is 0.693. The van der Waals surface area contributed by atoms with E-state index < -0.39 is 17.9 Å². The van der Waals surface area contributed by atoms with Gasteiger partial charge in [0.05, 0.1) is 24.5 Å². The van der Waals surface area contributed by atoms with E-state index in [9.17, 15) is 8.78 Å². The van der Waals surface area contributed by atoms with Crippen LogP contribution in [-0.2, 0) is 10.3 Å². The third-order valence-electron chi connectivity index (χ3n) is 3.59. The molecule has 0 atom stereocenters. The van der Waals surface area contributed by atoms with Crippen molar-refractivity contribution in [2.24, 2.45) is 0 Å². The van der Waals surface area contributed by atoms with E-state index >= 15 is 0 Å². The van der Waals surface area contributed by atoms with Gasteiger partial charge in [-0.05, 0) is 12.1 Å². The molecule has 0 bridgehead atoms. The normalized spacial score (nSPS) is 15.8. The summed E-state index contributed by atoms with van der Waals surface area (Å²) in [6.07, 6.45) is 1.55. The lowest BCUT2D eigenvalue weighted by Crippen LogP contribution is -2.52. The minimum absolute atomic E-state index is 0.0896. The summed E-state index contributed by atoms with van der Waals surface area (Å²) in [5.74, 6) is -0.843. The molecule has 0 N–H and O–H groups in total. The van der Waals surface area contributed by atoms with Crippen molar-refractivity contribution in [3.05, 3.63) is 48.4 Å². The Bertz CT molecular complexity index is 853. The van der Waals surface area contributed by atoms with Crippen LogP contribution in [0.5, 0.6) is 6.01 Å². The third kappa shape index (κ3) is 2.91. The van der Waals surface area contributed by atoms with Crippen LogP contribution >= 0.6 is 0 Å². The topological polar surface area (TPSA) is 96.1 Å². The van der Waals surface area contributed by atoms with Gasteiger partial charge in [0.25, 0.3) is 11.8 Å². The minimum Gasteiger partial charge on any atom is -0.445 e. The Kier molecular flexibility index (Phi) is 3.80. The molecule has 0 spiro atoms. The Balaban J connectivity index is 1.54. The van der Waals surface area contributed by atoms with Crippen LogP contribution in [0.25, 0.3) is 11.5 Å². The zero-order valence-corrected chi connectivity index (χ0v) is 12.7. The predicted octanol–water partition coefficient (Wildman–Crippen LogP) is 2.16. The van der Waals surface area contributed by atoms with Gasteiger partial charge in [-0.3, -0.25) is 4.98 Å². The molecule has 25 heavy (non-hydrogen) atoms. The summed E-state index contributed by atoms with van der Waals surface area (Å²) >= 11 is 0. The van der Waals surface area contributed by atoms with Crippen molar-refractivity contribution in [1.29, 1.82) is 0 Å². The molecule has 4 heterocycles. The Morgan fingerprint density at radius 3 is 2.44 bits per heavy atom. The number of nitrogens with zero attached hydrogens (tertiary/aromatic N) is 5. The molecule has 128 valence electrons. The summed E-state index contributed by atoms with van der Waals surface area (Å²) in [5.41, 5.74) is 0.284. The molecule has 0 unspecified atom stereocenters. The molecule has 1 fully saturated rings. The SMILES string of the molecule is FC(F)c1nnc(-c2cnc(OC3(c4ccccn4)COC3)nc2)o1. The van der Waals surface area contributed by atoms with E-state index in [4.69, 9.17) is 13.9 Å². The third-order valence-corrected chi connectivity index (χ3v) is 3.59. The fourth-order valence-electron chi connectivity index (χ4n) is 2.27. The molecule has 8 nitrogen and oxygen atoms in total. The molecule has 3 aromatic rings. The highest BCUT2D eigenvalue weighted by molar-refractivity contribution is 5.49. The lowest BCUT2D eigenvalue weighted by Gasteiger charge is -2.39. The zero-order chi connectivity index (χ0) is 17.3. The summed E-state index contributed by atoms with van der Waals surface area (Å²) in [6, 6.07) is 5.60. The molecular formula is C15H11F2N5O3. The second-order valence-electron chi connectivity index (χ2n) is 5.30. The molecule has 0 saturated carbocycles. The largest absolute Gasteiger partial charge is 0.445 e. The van der Waals surface area contributed by atoms with Crippen LogP contribution in [0.4, 0.5) is 8.78 Å². The van der Waals surface area contributed by atoms with Gasteiger partial charge in [0.2, 0.25) is 5.60 Å². The molecule has 1 aliphatic heterocycles. The highest BCUT2D eigenvalue weighted by atomic mass is 19.3. The first-order chi connectivity index (χ1) is 12.2. The smallest absolute Gasteiger partial charge is 0.317 e. The van der Waals surface area contributed by atoms with Crippen LogP contribution in [0, 0.1) is 0 Å². The molecule has 4 rings (SSSR count). The number of halogens is 2. The lowest BCUT2D eigenvalue weighted by atomic mass is 9.97. The monoisotopic (exact) mass is 347 g/mol. The van der Waals surface area contributed by atoms with Crippen molar-refractivity contribution in [2.75, 3.05) is 13.2 Å². The molecule has 0 radical (unpaired) electrons. The van der Waals surface area contributed by atoms with Crippen molar-refractivity contribution in [3.8, 4) is 17.5 Å². The number of hydrogen-bond donors (Lipinski definition) is 0. The molecule has 10 heteroatoms. The zero-order valence-electron chi connectivity index (χ0n) is 12.7. The first kappa shape index (κ1) is 15.5. The average molecular weight is 347 g/mol. The van der Waals surface area contributed by atoms with Crippen molar-refractivity contribution < 1.29 is 22.7 Å². The molecule has 0 amide bonds. The summed E-state index contributed by atoms with van der Waals surface area (Å²) in [4.78, 5) is 12.4. The Labute approximate surface area is 139 Å². The second kappa shape index (κ2) is 6.13. The van der Waals surface area contributed by atoms with Gasteiger partial charge in [0.1, 0.15) is 0 Å². The standard InChI is InChI=1S/C15H11F2N5O3/c16-11(17)13-22-21-12(24-13)9-5-19-14(20-6-9)25-15(7-23-8-15)10-3-1-2-4-18-10/h1-6,11H,7-8H2. The fraction of sp³-hybridized carbons (Fsp3) is 0.267. The summed E-state index contributed by atoms with van der Waals surface area (Å²) in [5, 5.41) is 6.80. The number of hydrogen-bond acceptors (Lipinski definition) is 8. The lowest BCUT2D eigenvalue weighted by molar-refractivity contribution is -0.173. The van der Waals surface area contributed by atoms with E-state index in [1.54, 1.807) is 12.3 Å². The number of ether oxygens (including phenoxy) is 2. The maximum Gasteiger partial charge on any atom is 0.317 e. The molecule has 3 aromatic heterocycles. The van der Waals surface area contributed by atoms with Gasteiger partial charge in [-0.1, -0.05) is 6.07 Å². The van der Waals surface area contributed by atoms with E-state index in [0.29, 0.717) is 24.5 Å². The van der Waals surface area contributed by atoms with E-state index in [1.807, 2.05) is 12.1 Å². The van der Waals surface area contributed by atoms with Gasteiger partial charge in [0.15, 0.2) is 0 Å². The number of alkyl halides is 2. The second-order valence-corrected chi connectivity index (χ2v) is 5.30. The first-order valence-corrected chi connectivity index (χ1v) is 7.28. The van der Waals surface area contributed by atoms with Gasteiger partial charge in [-0.15, -0.1) is 10.2 Å². The molecule has 0 aliphatic carbocycles. The Hall–Kier alpha value is -3.01. The van der Waals surface area contributed by atoms with Gasteiger partial charge in [-0.25, -0.2) is 9.97 Å². The van der Waals surface area contributed by atoms with Gasteiger partial charge < -0.3 is 13.9 Å². The maximum absolute atomic E-state index is 12.5. The van der Waals surface area contributed by atoms with Crippen LogP contribution in [0.1, 0.15) is 18.0 Å². The van der Waals surface area contributed by atoms with Gasteiger partial charge >= 0.3 is 12.4 Å². The van der Waals surface area contributed by atoms with Crippen LogP contribution in [0.15, 0.2) is 41.2 Å². The van der Waals surface area contributed by atoms with E-state index in [2.05, 4.69) is 25.1 Å². The maximum atomic E-state index is 12.5. The van der Waals surface area contributed by atoms with E-state index in [-0.39, 0.29) is 11.9 Å². The number of rotatable bonds is 5. The van der Waals surface area contributed by atoms with Crippen molar-refractivity contribution in [3.63, 3.8) is 0 Å². The van der Waals surface area contributed by atoms with E-state index in [1.165, 1.54) is 12.4 Å². The van der Waals surface area contributed by atoms with Crippen molar-refractivity contribution in [2.45, 2.75) is 12.0 Å². The first-order valence-electron chi connectivity index (χ1n) is 7.28. The summed E-state index contributed by atoms with van der Waals surface area (Å²) in [7, 11) is 0. The molecule has 1 saturated heterocycles. The predicted molar refractivity (Wildman–Crippen MR) is 77.6 cm³/mol. The highest BCUT2D eigenvalue weighted by Crippen LogP contribution is 2.33. The van der Waals surface area contributed by atoms with Crippen LogP contribution in [0.2, 0.25) is 0 Å². The van der Waals surface area contributed by atoms with Gasteiger partial charge in [-0.2, -0.15) is 8.78 Å². The van der Waals surface area contributed by atoms with Crippen molar-refractivity contribution in [1.82, 2.24) is 25.1 Å². The summed E-state index contributed by atoms with van der Waals surface area (Å²) in [6.45, 7) is 0.660. The number of pyridine rings is 1. The van der Waals surface area contributed by atoms with Gasteiger partial charge in [0, 0.05) is 18.6 Å². The minimum atomic E-state index is -2.83. The van der Waals surface area contributed by atoms with Crippen LogP contribution < -0.4 is 4.74 Å². The Morgan fingerprint density at radius 1 is 1.08 bits per heavy atom. The summed E-state index contributed by atoms with van der Waals surface area (Å²) < 4.78 is 40.9. The highest BCUT2D eigenvalue weighted by Gasteiger charge is 2.45. The van der Waals surface area contributed by atoms with Crippen molar-refractivity contribution >= 4 is 0 Å². The fourth-order valence-corrected chi connectivity index (χ4v) is 2.27. The molecular weight excluding hydrogens is 336 g/mol. The van der Waals surface area contributed by atoms with Crippen LogP contribution in [-0.4, -0.2) is 38.4 Å². The molecule has 0 aromatic carbocycles. The van der Waals surface area contributed by atoms with Crippen LogP contribution in [0.3, 0.4) is 0 Å². The Morgan fingerprint density at radius 2 is 1.88 bits per heavy atom.